The number of ether oxygens (including phenoxy) is 1. The van der Waals surface area contributed by atoms with Crippen molar-refractivity contribution in [3.8, 4) is 0 Å². The lowest BCUT2D eigenvalue weighted by Gasteiger charge is -2.62. The highest BCUT2D eigenvalue weighted by Crippen LogP contribution is 2.64. The fraction of sp³-hybridized carbons (Fsp3) is 0.950. The molecule has 0 unspecified atom stereocenters. The van der Waals surface area contributed by atoms with Gasteiger partial charge in [-0.1, -0.05) is 27.2 Å². The third kappa shape index (κ3) is 2.83. The van der Waals surface area contributed by atoms with E-state index in [4.69, 9.17) is 4.74 Å². The zero-order chi connectivity index (χ0) is 16.9. The van der Waals surface area contributed by atoms with Gasteiger partial charge in [-0.05, 0) is 74.5 Å². The van der Waals surface area contributed by atoms with E-state index in [1.54, 1.807) is 0 Å². The second-order valence-corrected chi connectivity index (χ2v) is 9.55. The number of aliphatic carboxylic acids is 1. The van der Waals surface area contributed by atoms with Gasteiger partial charge in [0.25, 0.3) is 0 Å². The summed E-state index contributed by atoms with van der Waals surface area (Å²) in [4.78, 5) is 11.5. The number of carboxylic acid groups (broad SMARTS) is 1. The molecule has 3 rings (SSSR count). The SMILES string of the molecule is CC1(C)CCC[C@]2(C)[C@H]3CC[C@H](C(=O)O)CCO[C@]3(C)CC[C@@H]12. The molecule has 1 saturated heterocycles. The Bertz CT molecular complexity index is 472. The van der Waals surface area contributed by atoms with Crippen LogP contribution in [-0.2, 0) is 9.53 Å². The molecule has 3 fully saturated rings. The summed E-state index contributed by atoms with van der Waals surface area (Å²) in [7, 11) is 0. The van der Waals surface area contributed by atoms with Crippen molar-refractivity contribution < 1.29 is 14.6 Å². The summed E-state index contributed by atoms with van der Waals surface area (Å²) in [5.74, 6) is 0.377. The van der Waals surface area contributed by atoms with E-state index in [1.165, 1.54) is 25.7 Å². The molecule has 132 valence electrons. The molecule has 0 radical (unpaired) electrons. The van der Waals surface area contributed by atoms with Gasteiger partial charge in [0.2, 0.25) is 0 Å². The maximum Gasteiger partial charge on any atom is 0.306 e. The third-order valence-electron chi connectivity index (χ3n) is 7.79. The highest BCUT2D eigenvalue weighted by molar-refractivity contribution is 5.69. The molecular formula is C20H34O3. The van der Waals surface area contributed by atoms with Crippen LogP contribution in [0.15, 0.2) is 0 Å². The van der Waals surface area contributed by atoms with Crippen LogP contribution in [0, 0.1) is 28.6 Å². The van der Waals surface area contributed by atoms with Crippen molar-refractivity contribution in [3.63, 3.8) is 0 Å². The van der Waals surface area contributed by atoms with Gasteiger partial charge in [-0.3, -0.25) is 4.79 Å². The fourth-order valence-corrected chi connectivity index (χ4v) is 6.61. The lowest BCUT2D eigenvalue weighted by atomic mass is 9.45. The van der Waals surface area contributed by atoms with Crippen LogP contribution in [0.5, 0.6) is 0 Å². The Hall–Kier alpha value is -0.570. The molecule has 2 aliphatic carbocycles. The molecule has 0 spiro atoms. The van der Waals surface area contributed by atoms with E-state index in [0.717, 1.165) is 25.2 Å². The Morgan fingerprint density at radius 1 is 0.957 bits per heavy atom. The van der Waals surface area contributed by atoms with Crippen LogP contribution in [0.2, 0.25) is 0 Å². The molecule has 1 N–H and O–H groups in total. The fourth-order valence-electron chi connectivity index (χ4n) is 6.61. The maximum atomic E-state index is 11.5. The first-order chi connectivity index (χ1) is 10.7. The van der Waals surface area contributed by atoms with Crippen LogP contribution in [-0.4, -0.2) is 23.3 Å². The number of carbonyl (C=O) groups is 1. The van der Waals surface area contributed by atoms with Gasteiger partial charge in [0.1, 0.15) is 0 Å². The van der Waals surface area contributed by atoms with Crippen molar-refractivity contribution in [3.05, 3.63) is 0 Å². The second kappa shape index (κ2) is 5.75. The van der Waals surface area contributed by atoms with Crippen LogP contribution in [0.1, 0.15) is 79.1 Å². The predicted molar refractivity (Wildman–Crippen MR) is 91.3 cm³/mol. The van der Waals surface area contributed by atoms with Gasteiger partial charge in [0.05, 0.1) is 11.5 Å². The minimum absolute atomic E-state index is 0.0534. The van der Waals surface area contributed by atoms with Crippen LogP contribution in [0.3, 0.4) is 0 Å². The average molecular weight is 322 g/mol. The van der Waals surface area contributed by atoms with Crippen molar-refractivity contribution in [2.24, 2.45) is 28.6 Å². The van der Waals surface area contributed by atoms with Gasteiger partial charge in [-0.2, -0.15) is 0 Å². The Morgan fingerprint density at radius 3 is 2.39 bits per heavy atom. The number of fused-ring (bicyclic) bond motifs is 3. The average Bonchev–Trinajstić information content (AvgIpc) is 2.40. The normalized spacial score (nSPS) is 46.9. The maximum absolute atomic E-state index is 11.5. The van der Waals surface area contributed by atoms with Crippen molar-refractivity contribution >= 4 is 5.97 Å². The van der Waals surface area contributed by atoms with E-state index >= 15 is 0 Å². The molecule has 5 atom stereocenters. The molecule has 3 aliphatic rings. The molecule has 3 heteroatoms. The van der Waals surface area contributed by atoms with Gasteiger partial charge in [-0.15, -0.1) is 0 Å². The highest BCUT2D eigenvalue weighted by Gasteiger charge is 2.58. The predicted octanol–water partition coefficient (Wildman–Crippen LogP) is 4.89. The summed E-state index contributed by atoms with van der Waals surface area (Å²) in [5.41, 5.74) is 0.653. The summed E-state index contributed by atoms with van der Waals surface area (Å²) < 4.78 is 6.37. The third-order valence-corrected chi connectivity index (χ3v) is 7.79. The zero-order valence-electron chi connectivity index (χ0n) is 15.4. The lowest BCUT2D eigenvalue weighted by Crippen LogP contribution is -2.59. The minimum Gasteiger partial charge on any atom is -0.481 e. The summed E-state index contributed by atoms with van der Waals surface area (Å²) in [6.07, 6.45) is 8.81. The lowest BCUT2D eigenvalue weighted by molar-refractivity contribution is -0.202. The summed E-state index contributed by atoms with van der Waals surface area (Å²) >= 11 is 0. The molecular weight excluding hydrogens is 288 g/mol. The standard InChI is InChI=1S/C20H34O3/c1-18(2)10-5-11-19(3)15(18)8-12-20(4)16(19)7-6-14(17(21)22)9-13-23-20/h14-16H,5-13H2,1-4H3,(H,21,22)/t14-,15-,16+,19-,20+/m0/s1. The van der Waals surface area contributed by atoms with Gasteiger partial charge < -0.3 is 9.84 Å². The zero-order valence-corrected chi connectivity index (χ0v) is 15.4. The second-order valence-electron chi connectivity index (χ2n) is 9.55. The first kappa shape index (κ1) is 17.3. The van der Waals surface area contributed by atoms with Crippen molar-refractivity contribution in [1.29, 1.82) is 0 Å². The topological polar surface area (TPSA) is 46.5 Å². The summed E-state index contributed by atoms with van der Waals surface area (Å²) in [5, 5.41) is 9.44. The quantitative estimate of drug-likeness (QED) is 0.747. The van der Waals surface area contributed by atoms with Crippen LogP contribution in [0.25, 0.3) is 0 Å². The van der Waals surface area contributed by atoms with E-state index in [1.807, 2.05) is 0 Å². The first-order valence-electron chi connectivity index (χ1n) is 9.56. The van der Waals surface area contributed by atoms with E-state index in [2.05, 4.69) is 27.7 Å². The Balaban J connectivity index is 1.90. The number of hydrogen-bond acceptors (Lipinski definition) is 2. The van der Waals surface area contributed by atoms with E-state index in [0.29, 0.717) is 29.8 Å². The van der Waals surface area contributed by atoms with E-state index in [9.17, 15) is 9.90 Å². The molecule has 2 saturated carbocycles. The largest absolute Gasteiger partial charge is 0.481 e. The van der Waals surface area contributed by atoms with E-state index < -0.39 is 5.97 Å². The minimum atomic E-state index is -0.640. The van der Waals surface area contributed by atoms with E-state index in [-0.39, 0.29) is 11.5 Å². The van der Waals surface area contributed by atoms with Crippen molar-refractivity contribution in [2.75, 3.05) is 6.61 Å². The van der Waals surface area contributed by atoms with Gasteiger partial charge in [-0.25, -0.2) is 0 Å². The molecule has 23 heavy (non-hydrogen) atoms. The molecule has 0 amide bonds. The Labute approximate surface area is 141 Å². The molecule has 1 heterocycles. The number of hydrogen-bond donors (Lipinski definition) is 1. The van der Waals surface area contributed by atoms with Crippen molar-refractivity contribution in [2.45, 2.75) is 84.7 Å². The Morgan fingerprint density at radius 2 is 1.70 bits per heavy atom. The molecule has 0 aromatic rings. The number of carboxylic acids is 1. The highest BCUT2D eigenvalue weighted by atomic mass is 16.5. The smallest absolute Gasteiger partial charge is 0.306 e. The molecule has 1 aliphatic heterocycles. The van der Waals surface area contributed by atoms with Crippen LogP contribution in [0.4, 0.5) is 0 Å². The Kier molecular flexibility index (Phi) is 4.32. The van der Waals surface area contributed by atoms with Gasteiger partial charge in [0, 0.05) is 6.61 Å². The van der Waals surface area contributed by atoms with Crippen LogP contribution >= 0.6 is 0 Å². The molecule has 0 aromatic carbocycles. The molecule has 0 aromatic heterocycles. The molecule has 3 nitrogen and oxygen atoms in total. The number of rotatable bonds is 1. The monoisotopic (exact) mass is 322 g/mol. The first-order valence-corrected chi connectivity index (χ1v) is 9.56. The van der Waals surface area contributed by atoms with Crippen LogP contribution < -0.4 is 0 Å². The van der Waals surface area contributed by atoms with Gasteiger partial charge >= 0.3 is 5.97 Å². The van der Waals surface area contributed by atoms with Gasteiger partial charge in [0.15, 0.2) is 0 Å². The molecule has 0 bridgehead atoms. The van der Waals surface area contributed by atoms with Crippen molar-refractivity contribution in [1.82, 2.24) is 0 Å². The summed E-state index contributed by atoms with van der Waals surface area (Å²) in [6, 6.07) is 0. The summed E-state index contributed by atoms with van der Waals surface area (Å²) in [6.45, 7) is 10.3.